The van der Waals surface area contributed by atoms with Gasteiger partial charge in [0.1, 0.15) is 6.54 Å². The smallest absolute Gasteiger partial charge is 0.223 e. The number of hydrogen-bond donors (Lipinski definition) is 1. The summed E-state index contributed by atoms with van der Waals surface area (Å²) in [7, 11) is 0. The molecule has 0 bridgehead atoms. The Morgan fingerprint density at radius 2 is 2.07 bits per heavy atom. The second-order valence-corrected chi connectivity index (χ2v) is 4.00. The molecule has 1 amide bonds. The van der Waals surface area contributed by atoms with Gasteiger partial charge in [-0.15, -0.1) is 0 Å². The Labute approximate surface area is 85.5 Å². The minimum Gasteiger partial charge on any atom is -0.343 e. The van der Waals surface area contributed by atoms with Crippen LogP contribution in [0.4, 0.5) is 0 Å². The molecule has 0 saturated heterocycles. The van der Waals surface area contributed by atoms with E-state index >= 15 is 0 Å². The van der Waals surface area contributed by atoms with Crippen LogP contribution in [0, 0.1) is 23.2 Å². The molecule has 1 N–H and O–H groups in total. The third-order valence-electron chi connectivity index (χ3n) is 3.14. The molecule has 0 radical (unpaired) electrons. The Kier molecular flexibility index (Phi) is 4.45. The van der Waals surface area contributed by atoms with Crippen molar-refractivity contribution in [1.82, 2.24) is 5.32 Å². The van der Waals surface area contributed by atoms with Crippen LogP contribution in [0.2, 0.25) is 0 Å². The number of nitrogens with zero attached hydrogens (tertiary/aromatic N) is 1. The summed E-state index contributed by atoms with van der Waals surface area (Å²) in [6.07, 6.45) is 5.56. The molecular formula is C11H18N2O. The lowest BCUT2D eigenvalue weighted by molar-refractivity contribution is -0.125. The van der Waals surface area contributed by atoms with Gasteiger partial charge in [-0.2, -0.15) is 5.26 Å². The Morgan fingerprint density at radius 1 is 1.43 bits per heavy atom. The summed E-state index contributed by atoms with van der Waals surface area (Å²) in [6, 6.07) is 1.93. The first kappa shape index (κ1) is 11.0. The van der Waals surface area contributed by atoms with E-state index < -0.39 is 0 Å². The van der Waals surface area contributed by atoms with Gasteiger partial charge in [-0.1, -0.05) is 13.3 Å². The normalized spacial score (nSPS) is 26.6. The average molecular weight is 194 g/mol. The van der Waals surface area contributed by atoms with E-state index in [4.69, 9.17) is 5.26 Å². The van der Waals surface area contributed by atoms with Crippen molar-refractivity contribution in [3.8, 4) is 6.07 Å². The zero-order chi connectivity index (χ0) is 10.4. The topological polar surface area (TPSA) is 52.9 Å². The minimum absolute atomic E-state index is 0.0705. The van der Waals surface area contributed by atoms with Crippen molar-refractivity contribution in [3.05, 3.63) is 0 Å². The maximum atomic E-state index is 11.5. The second kappa shape index (κ2) is 5.64. The van der Waals surface area contributed by atoms with Crippen molar-refractivity contribution in [3.63, 3.8) is 0 Å². The number of carbonyl (C=O) groups is 1. The fraction of sp³-hybridized carbons (Fsp3) is 0.818. The Hall–Kier alpha value is -1.04. The van der Waals surface area contributed by atoms with Crippen molar-refractivity contribution in [1.29, 1.82) is 5.26 Å². The Bertz CT molecular complexity index is 224. The van der Waals surface area contributed by atoms with Gasteiger partial charge in [-0.25, -0.2) is 0 Å². The largest absolute Gasteiger partial charge is 0.343 e. The summed E-state index contributed by atoms with van der Waals surface area (Å²) < 4.78 is 0. The van der Waals surface area contributed by atoms with Crippen LogP contribution >= 0.6 is 0 Å². The van der Waals surface area contributed by atoms with Gasteiger partial charge in [-0.3, -0.25) is 4.79 Å². The molecule has 78 valence electrons. The van der Waals surface area contributed by atoms with E-state index in [0.717, 1.165) is 18.8 Å². The molecule has 3 heteroatoms. The van der Waals surface area contributed by atoms with Crippen LogP contribution in [0.25, 0.3) is 0 Å². The first-order valence-electron chi connectivity index (χ1n) is 5.42. The van der Waals surface area contributed by atoms with E-state index in [-0.39, 0.29) is 18.4 Å². The molecule has 0 heterocycles. The van der Waals surface area contributed by atoms with Gasteiger partial charge in [0.2, 0.25) is 5.91 Å². The van der Waals surface area contributed by atoms with Gasteiger partial charge in [0.25, 0.3) is 0 Å². The molecule has 0 aromatic heterocycles. The number of rotatable bonds is 3. The van der Waals surface area contributed by atoms with Gasteiger partial charge >= 0.3 is 0 Å². The van der Waals surface area contributed by atoms with Crippen molar-refractivity contribution in [2.75, 3.05) is 6.54 Å². The average Bonchev–Trinajstić information content (AvgIpc) is 2.26. The summed E-state index contributed by atoms with van der Waals surface area (Å²) in [5.74, 6) is 1.04. The number of carbonyl (C=O) groups excluding carboxylic acids is 1. The molecule has 0 aromatic carbocycles. The van der Waals surface area contributed by atoms with Gasteiger partial charge in [0.15, 0.2) is 0 Å². The highest BCUT2D eigenvalue weighted by atomic mass is 16.1. The van der Waals surface area contributed by atoms with Crippen molar-refractivity contribution < 1.29 is 4.79 Å². The van der Waals surface area contributed by atoms with Crippen molar-refractivity contribution >= 4 is 5.91 Å². The van der Waals surface area contributed by atoms with Gasteiger partial charge in [0, 0.05) is 5.92 Å². The Morgan fingerprint density at radius 3 is 2.57 bits per heavy atom. The van der Waals surface area contributed by atoms with E-state index in [1.54, 1.807) is 0 Å². The van der Waals surface area contributed by atoms with E-state index in [2.05, 4.69) is 12.2 Å². The molecule has 1 saturated carbocycles. The van der Waals surface area contributed by atoms with E-state index in [0.29, 0.717) is 0 Å². The van der Waals surface area contributed by atoms with E-state index in [9.17, 15) is 4.79 Å². The van der Waals surface area contributed by atoms with Gasteiger partial charge in [0.05, 0.1) is 6.07 Å². The molecular weight excluding hydrogens is 176 g/mol. The maximum Gasteiger partial charge on any atom is 0.223 e. The zero-order valence-corrected chi connectivity index (χ0v) is 8.75. The second-order valence-electron chi connectivity index (χ2n) is 4.00. The minimum atomic E-state index is 0.0705. The summed E-state index contributed by atoms with van der Waals surface area (Å²) in [6.45, 7) is 2.35. The van der Waals surface area contributed by atoms with E-state index in [1.807, 2.05) is 6.07 Å². The van der Waals surface area contributed by atoms with Crippen LogP contribution in [-0.4, -0.2) is 12.5 Å². The number of nitrogens with one attached hydrogen (secondary N) is 1. The predicted octanol–water partition coefficient (Wildman–Crippen LogP) is 1.84. The summed E-state index contributed by atoms with van der Waals surface area (Å²) in [5, 5.41) is 11.0. The van der Waals surface area contributed by atoms with Crippen LogP contribution in [0.1, 0.15) is 39.0 Å². The first-order chi connectivity index (χ1) is 6.77. The summed E-state index contributed by atoms with van der Waals surface area (Å²) >= 11 is 0. The molecule has 1 aliphatic carbocycles. The zero-order valence-electron chi connectivity index (χ0n) is 8.75. The standard InChI is InChI=1S/C11H18N2O/c1-2-9-3-5-10(6-4-9)11(14)13-8-7-12/h9-10H,2-6,8H2,1H3,(H,13,14). The summed E-state index contributed by atoms with van der Waals surface area (Å²) in [4.78, 5) is 11.5. The predicted molar refractivity (Wildman–Crippen MR) is 54.4 cm³/mol. The Balaban J connectivity index is 2.27. The molecule has 0 atom stereocenters. The number of amides is 1. The quantitative estimate of drug-likeness (QED) is 0.697. The van der Waals surface area contributed by atoms with E-state index in [1.165, 1.54) is 19.3 Å². The SMILES string of the molecule is CCC1CCC(C(=O)NCC#N)CC1. The third-order valence-corrected chi connectivity index (χ3v) is 3.14. The first-order valence-corrected chi connectivity index (χ1v) is 5.42. The number of nitriles is 1. The molecule has 0 aromatic rings. The van der Waals surface area contributed by atoms with Crippen LogP contribution in [0.5, 0.6) is 0 Å². The highest BCUT2D eigenvalue weighted by molar-refractivity contribution is 5.78. The maximum absolute atomic E-state index is 11.5. The lowest BCUT2D eigenvalue weighted by Crippen LogP contribution is -2.33. The van der Waals surface area contributed by atoms with Crippen molar-refractivity contribution in [2.24, 2.45) is 11.8 Å². The van der Waals surface area contributed by atoms with Gasteiger partial charge in [-0.05, 0) is 31.6 Å². The molecule has 3 nitrogen and oxygen atoms in total. The summed E-state index contributed by atoms with van der Waals surface area (Å²) in [5.41, 5.74) is 0. The van der Waals surface area contributed by atoms with Crippen LogP contribution in [-0.2, 0) is 4.79 Å². The van der Waals surface area contributed by atoms with Crippen molar-refractivity contribution in [2.45, 2.75) is 39.0 Å². The monoisotopic (exact) mass is 194 g/mol. The third kappa shape index (κ3) is 3.02. The lowest BCUT2D eigenvalue weighted by Gasteiger charge is -2.26. The molecule has 1 aliphatic rings. The fourth-order valence-electron chi connectivity index (χ4n) is 2.10. The lowest BCUT2D eigenvalue weighted by atomic mass is 9.80. The fourth-order valence-corrected chi connectivity index (χ4v) is 2.10. The van der Waals surface area contributed by atoms with Crippen LogP contribution in [0.3, 0.4) is 0 Å². The molecule has 14 heavy (non-hydrogen) atoms. The molecule has 1 rings (SSSR count). The van der Waals surface area contributed by atoms with Crippen LogP contribution in [0.15, 0.2) is 0 Å². The molecule has 0 unspecified atom stereocenters. The van der Waals surface area contributed by atoms with Crippen LogP contribution < -0.4 is 5.32 Å². The molecule has 1 fully saturated rings. The molecule has 0 spiro atoms. The highest BCUT2D eigenvalue weighted by Gasteiger charge is 2.24. The number of hydrogen-bond acceptors (Lipinski definition) is 2. The van der Waals surface area contributed by atoms with Gasteiger partial charge < -0.3 is 5.32 Å². The highest BCUT2D eigenvalue weighted by Crippen LogP contribution is 2.30. The molecule has 0 aliphatic heterocycles.